The van der Waals surface area contributed by atoms with Gasteiger partial charge in [0.05, 0.1) is 0 Å². The van der Waals surface area contributed by atoms with Crippen LogP contribution in [0.15, 0.2) is 91.0 Å². The average Bonchev–Trinajstić information content (AvgIpc) is 2.69. The van der Waals surface area contributed by atoms with E-state index in [0.717, 1.165) is 15.6 Å². The van der Waals surface area contributed by atoms with Crippen molar-refractivity contribution < 1.29 is 14.4 Å². The Morgan fingerprint density at radius 1 is 0.387 bits per heavy atom. The second-order valence-corrected chi connectivity index (χ2v) is 19.4. The van der Waals surface area contributed by atoms with Gasteiger partial charge in [-0.1, -0.05) is 146 Å². The first-order chi connectivity index (χ1) is 13.8. The molecule has 0 fully saturated rings. The van der Waals surface area contributed by atoms with Crippen LogP contribution in [-0.4, -0.2) is 33.4 Å². The molecule has 3 rings (SSSR count). The van der Waals surface area contributed by atoms with Gasteiger partial charge in [0, 0.05) is 0 Å². The zero-order chi connectivity index (χ0) is 22.8. The zero-order valence-electron chi connectivity index (χ0n) is 19.5. The first-order valence-electron chi connectivity index (χ1n) is 10.1. The molecule has 0 saturated carbocycles. The van der Waals surface area contributed by atoms with Crippen LogP contribution in [0.1, 0.15) is 0 Å². The van der Waals surface area contributed by atoms with Crippen LogP contribution in [0.3, 0.4) is 0 Å². The van der Waals surface area contributed by atoms with Gasteiger partial charge in [0.15, 0.2) is 0 Å². The molecule has 0 unspecified atom stereocenters. The van der Waals surface area contributed by atoms with Gasteiger partial charge in [-0.2, -0.15) is 0 Å². The average molecular weight is 465 g/mol. The number of hydrogen-bond acceptors (Lipinski definition) is 3. The van der Waals surface area contributed by atoms with Gasteiger partial charge in [-0.15, -0.1) is 0 Å². The molecule has 0 aliphatic heterocycles. The molecule has 0 aliphatic rings. The maximum Gasteiger partial charge on any atom is 3.00 e. The molecule has 0 spiro atoms. The first kappa shape index (κ1) is 29.3. The second kappa shape index (κ2) is 13.0. The molecule has 3 nitrogen and oxygen atoms in total. The van der Waals surface area contributed by atoms with Crippen LogP contribution in [0.2, 0.25) is 39.3 Å². The third-order valence-corrected chi connectivity index (χ3v) is 9.58. The van der Waals surface area contributed by atoms with Crippen molar-refractivity contribution in [2.75, 3.05) is 0 Å². The van der Waals surface area contributed by atoms with E-state index in [1.807, 2.05) is 130 Å². The molecule has 0 amide bonds. The minimum absolute atomic E-state index is 0. The molecule has 7 heteroatoms. The molecule has 0 atom stereocenters. The van der Waals surface area contributed by atoms with Crippen molar-refractivity contribution in [3.8, 4) is 0 Å². The normalized spacial score (nSPS) is 11.1. The summed E-state index contributed by atoms with van der Waals surface area (Å²) >= 11 is 0. The Kier molecular flexibility index (Phi) is 12.2. The van der Waals surface area contributed by atoms with E-state index in [1.54, 1.807) is 0 Å². The van der Waals surface area contributed by atoms with Gasteiger partial charge in [-0.05, 0) is 25.0 Å². The molecule has 3 aromatic carbocycles. The van der Waals surface area contributed by atoms with E-state index < -0.39 is 25.0 Å². The summed E-state index contributed by atoms with van der Waals surface area (Å²) in [5.41, 5.74) is 0. The van der Waals surface area contributed by atoms with Gasteiger partial charge in [0.2, 0.25) is 0 Å². The standard InChI is InChI=1S/3C8H11OSi.B/c3*1-10(2,9)8-6-4-3-5-7-8;/h3*3-7H,1-2H3;/q3*-1;+3. The van der Waals surface area contributed by atoms with Gasteiger partial charge < -0.3 is 14.4 Å². The van der Waals surface area contributed by atoms with Crippen molar-refractivity contribution in [1.29, 1.82) is 0 Å². The van der Waals surface area contributed by atoms with Crippen molar-refractivity contribution in [3.63, 3.8) is 0 Å². The predicted octanol–water partition coefficient (Wildman–Crippen LogP) is 0.996. The van der Waals surface area contributed by atoms with E-state index in [0.29, 0.717) is 0 Å². The quantitative estimate of drug-likeness (QED) is 0.543. The Hall–Kier alpha value is -1.74. The van der Waals surface area contributed by atoms with Crippen molar-refractivity contribution in [2.24, 2.45) is 0 Å². The Labute approximate surface area is 193 Å². The van der Waals surface area contributed by atoms with E-state index in [1.165, 1.54) is 0 Å². The monoisotopic (exact) mass is 464 g/mol. The topological polar surface area (TPSA) is 69.2 Å². The molecule has 0 radical (unpaired) electrons. The minimum Gasteiger partial charge on any atom is -0.855 e. The van der Waals surface area contributed by atoms with Crippen LogP contribution in [0.4, 0.5) is 0 Å². The fourth-order valence-corrected chi connectivity index (χ4v) is 5.50. The Balaban J connectivity index is 0.000000429. The number of benzene rings is 3. The van der Waals surface area contributed by atoms with E-state index in [4.69, 9.17) is 0 Å². The van der Waals surface area contributed by atoms with Gasteiger partial charge in [-0.3, -0.25) is 0 Å². The maximum absolute atomic E-state index is 11.4. The molecule has 31 heavy (non-hydrogen) atoms. The Morgan fingerprint density at radius 3 is 0.645 bits per heavy atom. The summed E-state index contributed by atoms with van der Waals surface area (Å²) in [6.07, 6.45) is 0. The largest absolute Gasteiger partial charge is 3.00 e. The molecule has 0 bridgehead atoms. The van der Waals surface area contributed by atoms with Gasteiger partial charge >= 0.3 is 8.41 Å². The second-order valence-electron chi connectivity index (χ2n) is 8.63. The summed E-state index contributed by atoms with van der Waals surface area (Å²) in [4.78, 5) is 34.3. The summed E-state index contributed by atoms with van der Waals surface area (Å²) in [6, 6.07) is 28.8. The maximum atomic E-state index is 11.4. The molecule has 3 aromatic rings. The third-order valence-electron chi connectivity index (χ3n) is 4.41. The van der Waals surface area contributed by atoms with Crippen LogP contribution in [0, 0.1) is 0 Å². The van der Waals surface area contributed by atoms with E-state index in [-0.39, 0.29) is 8.41 Å². The Bertz CT molecular complexity index is 725. The molecule has 0 saturated heterocycles. The Morgan fingerprint density at radius 2 is 0.548 bits per heavy atom. The molecule has 0 N–H and O–H groups in total. The molecule has 0 aliphatic carbocycles. The van der Waals surface area contributed by atoms with Crippen LogP contribution in [-0.2, 0) is 0 Å². The van der Waals surface area contributed by atoms with Gasteiger partial charge in [0.1, 0.15) is 0 Å². The van der Waals surface area contributed by atoms with Crippen molar-refractivity contribution >= 4 is 48.9 Å². The summed E-state index contributed by atoms with van der Waals surface area (Å²) in [5, 5.41) is 2.94. The van der Waals surface area contributed by atoms with E-state index >= 15 is 0 Å². The first-order valence-corrected chi connectivity index (χ1v) is 18.8. The fraction of sp³-hybridized carbons (Fsp3) is 0.250. The van der Waals surface area contributed by atoms with Crippen molar-refractivity contribution in [3.05, 3.63) is 91.0 Å². The van der Waals surface area contributed by atoms with Crippen molar-refractivity contribution in [1.82, 2.24) is 0 Å². The van der Waals surface area contributed by atoms with Gasteiger partial charge in [-0.25, -0.2) is 0 Å². The number of hydrogen-bond donors (Lipinski definition) is 0. The zero-order valence-corrected chi connectivity index (χ0v) is 22.5. The molecular formula is C24H33BO3Si3. The van der Waals surface area contributed by atoms with Gasteiger partial charge in [0.25, 0.3) is 0 Å². The molecular weight excluding hydrogens is 431 g/mol. The minimum atomic E-state index is -2.28. The molecule has 0 aromatic heterocycles. The number of rotatable bonds is 3. The molecule has 162 valence electrons. The van der Waals surface area contributed by atoms with Crippen LogP contribution < -0.4 is 29.9 Å². The summed E-state index contributed by atoms with van der Waals surface area (Å²) in [7, 11) is -6.85. The smallest absolute Gasteiger partial charge is 0.855 e. The SMILES string of the molecule is C[Si](C)([O-])c1ccccc1.C[Si](C)([O-])c1ccccc1.C[Si](C)([O-])c1ccccc1.[B+3]. The van der Waals surface area contributed by atoms with Crippen LogP contribution >= 0.6 is 0 Å². The van der Waals surface area contributed by atoms with E-state index in [9.17, 15) is 14.4 Å². The summed E-state index contributed by atoms with van der Waals surface area (Å²) in [6.45, 7) is 10.8. The van der Waals surface area contributed by atoms with Crippen molar-refractivity contribution in [2.45, 2.75) is 39.3 Å². The van der Waals surface area contributed by atoms with E-state index in [2.05, 4.69) is 0 Å². The summed E-state index contributed by atoms with van der Waals surface area (Å²) < 4.78 is 0. The predicted molar refractivity (Wildman–Crippen MR) is 136 cm³/mol. The molecule has 0 heterocycles. The summed E-state index contributed by atoms with van der Waals surface area (Å²) in [5.74, 6) is 0. The fourth-order valence-electron chi connectivity index (χ4n) is 2.52. The van der Waals surface area contributed by atoms with Crippen LogP contribution in [0.25, 0.3) is 0 Å². The van der Waals surface area contributed by atoms with Crippen LogP contribution in [0.5, 0.6) is 0 Å². The third kappa shape index (κ3) is 12.0.